The van der Waals surface area contributed by atoms with Gasteiger partial charge in [-0.15, -0.1) is 0 Å². The highest BCUT2D eigenvalue weighted by molar-refractivity contribution is 5.37. The molecule has 2 unspecified atom stereocenters. The number of alkyl halides is 3. The molecule has 2 atom stereocenters. The number of benzene rings is 1. The van der Waals surface area contributed by atoms with Crippen molar-refractivity contribution >= 4 is 0 Å². The molecule has 3 nitrogen and oxygen atoms in total. The number of ether oxygens (including phenoxy) is 1. The zero-order valence-electron chi connectivity index (χ0n) is 9.57. The summed E-state index contributed by atoms with van der Waals surface area (Å²) >= 11 is 0. The van der Waals surface area contributed by atoms with Gasteiger partial charge in [0.2, 0.25) is 0 Å². The fraction of sp³-hybridized carbons (Fsp3) is 0.500. The van der Waals surface area contributed by atoms with E-state index in [9.17, 15) is 13.2 Å². The number of para-hydroxylation sites is 1. The standard InChI is InChI=1S/C12H14F3NO2/c13-12(14,15)11(17)7-16-6-9-5-8-3-1-2-4-10(8)18-9/h1-4,9,11,16-17H,5-7H2. The van der Waals surface area contributed by atoms with Gasteiger partial charge in [0.05, 0.1) is 0 Å². The molecule has 1 aliphatic rings. The van der Waals surface area contributed by atoms with E-state index in [4.69, 9.17) is 9.84 Å². The van der Waals surface area contributed by atoms with Crippen LogP contribution in [0.5, 0.6) is 5.75 Å². The molecular formula is C12H14F3NO2. The lowest BCUT2D eigenvalue weighted by Crippen LogP contribution is -2.41. The first kappa shape index (κ1) is 13.2. The summed E-state index contributed by atoms with van der Waals surface area (Å²) in [5.41, 5.74) is 1.06. The molecule has 0 fully saturated rings. The summed E-state index contributed by atoms with van der Waals surface area (Å²) < 4.78 is 41.7. The Morgan fingerprint density at radius 1 is 1.39 bits per heavy atom. The summed E-state index contributed by atoms with van der Waals surface area (Å²) in [6.45, 7) is -0.235. The second kappa shape index (κ2) is 5.16. The Hall–Kier alpha value is -1.27. The molecule has 0 amide bonds. The molecule has 0 spiro atoms. The van der Waals surface area contributed by atoms with E-state index < -0.39 is 18.8 Å². The summed E-state index contributed by atoms with van der Waals surface area (Å²) in [6, 6.07) is 7.51. The number of nitrogens with one attached hydrogen (secondary N) is 1. The summed E-state index contributed by atoms with van der Waals surface area (Å²) in [6.07, 6.45) is -6.42. The fourth-order valence-electron chi connectivity index (χ4n) is 1.86. The molecule has 0 radical (unpaired) electrons. The summed E-state index contributed by atoms with van der Waals surface area (Å²) in [7, 11) is 0. The van der Waals surface area contributed by atoms with Crippen LogP contribution in [0, 0.1) is 0 Å². The molecule has 2 N–H and O–H groups in total. The SMILES string of the molecule is OC(CNCC1Cc2ccccc2O1)C(F)(F)F. The number of fused-ring (bicyclic) bond motifs is 1. The van der Waals surface area contributed by atoms with E-state index in [0.29, 0.717) is 6.42 Å². The Morgan fingerprint density at radius 3 is 2.78 bits per heavy atom. The van der Waals surface area contributed by atoms with Crippen LogP contribution in [0.1, 0.15) is 5.56 Å². The highest BCUT2D eigenvalue weighted by Crippen LogP contribution is 2.27. The van der Waals surface area contributed by atoms with Gasteiger partial charge in [0.25, 0.3) is 0 Å². The van der Waals surface area contributed by atoms with E-state index in [-0.39, 0.29) is 12.6 Å². The average Bonchev–Trinajstić information content (AvgIpc) is 2.70. The van der Waals surface area contributed by atoms with Crippen molar-refractivity contribution in [1.82, 2.24) is 5.32 Å². The minimum absolute atomic E-state index is 0.178. The van der Waals surface area contributed by atoms with Gasteiger partial charge in [0.15, 0.2) is 6.10 Å². The molecule has 0 aromatic heterocycles. The van der Waals surface area contributed by atoms with Crippen LogP contribution in [0.25, 0.3) is 0 Å². The Kier molecular flexibility index (Phi) is 3.77. The number of hydrogen-bond acceptors (Lipinski definition) is 3. The first-order valence-electron chi connectivity index (χ1n) is 5.67. The van der Waals surface area contributed by atoms with Crippen LogP contribution >= 0.6 is 0 Å². The van der Waals surface area contributed by atoms with E-state index >= 15 is 0 Å². The molecule has 1 aromatic carbocycles. The number of hydrogen-bond donors (Lipinski definition) is 2. The Balaban J connectivity index is 1.74. The molecule has 2 rings (SSSR count). The molecule has 0 aliphatic carbocycles. The third kappa shape index (κ3) is 3.14. The van der Waals surface area contributed by atoms with Gasteiger partial charge in [-0.25, -0.2) is 0 Å². The Labute approximate surface area is 103 Å². The van der Waals surface area contributed by atoms with Gasteiger partial charge in [-0.2, -0.15) is 13.2 Å². The topological polar surface area (TPSA) is 41.5 Å². The first-order valence-corrected chi connectivity index (χ1v) is 5.67. The lowest BCUT2D eigenvalue weighted by atomic mass is 10.1. The van der Waals surface area contributed by atoms with Crippen molar-refractivity contribution in [3.8, 4) is 5.75 Å². The van der Waals surface area contributed by atoms with Crippen LogP contribution in [0.3, 0.4) is 0 Å². The van der Waals surface area contributed by atoms with Gasteiger partial charge in [-0.05, 0) is 11.6 Å². The van der Waals surface area contributed by atoms with Crippen LogP contribution in [-0.4, -0.2) is 36.6 Å². The van der Waals surface area contributed by atoms with Crippen LogP contribution in [-0.2, 0) is 6.42 Å². The maximum Gasteiger partial charge on any atom is 0.415 e. The predicted molar refractivity (Wildman–Crippen MR) is 59.5 cm³/mol. The van der Waals surface area contributed by atoms with Gasteiger partial charge >= 0.3 is 6.18 Å². The second-order valence-electron chi connectivity index (χ2n) is 4.27. The normalized spacial score (nSPS) is 20.3. The summed E-state index contributed by atoms with van der Waals surface area (Å²) in [5, 5.41) is 11.4. The lowest BCUT2D eigenvalue weighted by molar-refractivity contribution is -0.201. The van der Waals surface area contributed by atoms with Crippen molar-refractivity contribution in [1.29, 1.82) is 0 Å². The quantitative estimate of drug-likeness (QED) is 0.863. The van der Waals surface area contributed by atoms with Crippen molar-refractivity contribution < 1.29 is 23.0 Å². The van der Waals surface area contributed by atoms with E-state index in [1.54, 1.807) is 0 Å². The molecule has 100 valence electrons. The zero-order chi connectivity index (χ0) is 13.2. The molecule has 0 saturated carbocycles. The van der Waals surface area contributed by atoms with Crippen molar-refractivity contribution in [2.45, 2.75) is 24.8 Å². The minimum atomic E-state index is -4.58. The molecule has 1 aromatic rings. The fourth-order valence-corrected chi connectivity index (χ4v) is 1.86. The molecule has 1 heterocycles. The third-order valence-electron chi connectivity index (χ3n) is 2.80. The van der Waals surface area contributed by atoms with Crippen molar-refractivity contribution in [3.63, 3.8) is 0 Å². The van der Waals surface area contributed by atoms with Gasteiger partial charge in [0, 0.05) is 19.5 Å². The molecule has 6 heteroatoms. The van der Waals surface area contributed by atoms with Crippen molar-refractivity contribution in [3.05, 3.63) is 29.8 Å². The maximum absolute atomic E-state index is 12.0. The lowest BCUT2D eigenvalue weighted by Gasteiger charge is -2.17. The maximum atomic E-state index is 12.0. The van der Waals surface area contributed by atoms with Gasteiger partial charge in [-0.1, -0.05) is 18.2 Å². The van der Waals surface area contributed by atoms with Crippen LogP contribution in [0.2, 0.25) is 0 Å². The number of aliphatic hydroxyl groups excluding tert-OH is 1. The summed E-state index contributed by atoms with van der Waals surface area (Å²) in [5.74, 6) is 0.778. The smallest absolute Gasteiger partial charge is 0.415 e. The third-order valence-corrected chi connectivity index (χ3v) is 2.80. The van der Waals surface area contributed by atoms with Gasteiger partial charge in [-0.3, -0.25) is 0 Å². The second-order valence-corrected chi connectivity index (χ2v) is 4.27. The molecule has 0 saturated heterocycles. The van der Waals surface area contributed by atoms with Gasteiger partial charge in [0.1, 0.15) is 11.9 Å². The Morgan fingerprint density at radius 2 is 2.11 bits per heavy atom. The minimum Gasteiger partial charge on any atom is -0.488 e. The molecular weight excluding hydrogens is 247 g/mol. The highest BCUT2D eigenvalue weighted by Gasteiger charge is 2.37. The van der Waals surface area contributed by atoms with Crippen molar-refractivity contribution in [2.75, 3.05) is 13.1 Å². The molecule has 1 aliphatic heterocycles. The zero-order valence-corrected chi connectivity index (χ0v) is 9.57. The summed E-state index contributed by atoms with van der Waals surface area (Å²) in [4.78, 5) is 0. The largest absolute Gasteiger partial charge is 0.488 e. The number of halogens is 3. The van der Waals surface area contributed by atoms with Crippen LogP contribution in [0.15, 0.2) is 24.3 Å². The van der Waals surface area contributed by atoms with Crippen LogP contribution in [0.4, 0.5) is 13.2 Å². The molecule has 0 bridgehead atoms. The average molecular weight is 261 g/mol. The van der Waals surface area contributed by atoms with Gasteiger partial charge < -0.3 is 15.2 Å². The van der Waals surface area contributed by atoms with E-state index in [1.807, 2.05) is 24.3 Å². The van der Waals surface area contributed by atoms with Crippen LogP contribution < -0.4 is 10.1 Å². The van der Waals surface area contributed by atoms with E-state index in [0.717, 1.165) is 11.3 Å². The number of aliphatic hydroxyl groups is 1. The Bertz CT molecular complexity index is 384. The monoisotopic (exact) mass is 261 g/mol. The highest BCUT2D eigenvalue weighted by atomic mass is 19.4. The van der Waals surface area contributed by atoms with E-state index in [1.165, 1.54) is 0 Å². The van der Waals surface area contributed by atoms with Crippen molar-refractivity contribution in [2.24, 2.45) is 0 Å². The first-order chi connectivity index (χ1) is 8.47. The van der Waals surface area contributed by atoms with E-state index in [2.05, 4.69) is 5.32 Å². The molecule has 18 heavy (non-hydrogen) atoms. The number of rotatable bonds is 4. The predicted octanol–water partition coefficient (Wildman–Crippen LogP) is 1.50.